The molecule has 2 aromatic rings. The molecule has 0 aromatic heterocycles. The predicted octanol–water partition coefficient (Wildman–Crippen LogP) is 5.46. The van der Waals surface area contributed by atoms with Crippen molar-refractivity contribution in [1.82, 2.24) is 5.32 Å². The fourth-order valence-electron chi connectivity index (χ4n) is 2.56. The van der Waals surface area contributed by atoms with Crippen LogP contribution in [0.1, 0.15) is 47.2 Å². The summed E-state index contributed by atoms with van der Waals surface area (Å²) in [7, 11) is 0. The van der Waals surface area contributed by atoms with Crippen LogP contribution in [0.4, 0.5) is 0 Å². The molecule has 1 nitrogen and oxygen atoms in total. The lowest BCUT2D eigenvalue weighted by Crippen LogP contribution is -2.24. The molecule has 0 aliphatic rings. The number of halogens is 1. The van der Waals surface area contributed by atoms with E-state index in [0.717, 1.165) is 13.0 Å². The lowest BCUT2D eigenvalue weighted by atomic mass is 9.93. The Hall–Kier alpha value is -1.12. The van der Waals surface area contributed by atoms with Gasteiger partial charge in [-0.3, -0.25) is 0 Å². The predicted molar refractivity (Wildman–Crippen MR) is 94.9 cm³/mol. The van der Waals surface area contributed by atoms with E-state index in [-0.39, 0.29) is 6.04 Å². The molecule has 0 amide bonds. The molecular formula is C19H24BrN. The van der Waals surface area contributed by atoms with E-state index < -0.39 is 0 Å². The normalized spacial score (nSPS) is 12.4. The lowest BCUT2D eigenvalue weighted by molar-refractivity contribution is 0.595. The summed E-state index contributed by atoms with van der Waals surface area (Å²) in [4.78, 5) is 0. The van der Waals surface area contributed by atoms with Gasteiger partial charge in [-0.25, -0.2) is 0 Å². The molecule has 2 heteroatoms. The van der Waals surface area contributed by atoms with Gasteiger partial charge in [0.05, 0.1) is 6.04 Å². The molecule has 21 heavy (non-hydrogen) atoms. The smallest absolute Gasteiger partial charge is 0.0579 e. The lowest BCUT2D eigenvalue weighted by Gasteiger charge is -2.22. The average molecular weight is 346 g/mol. The molecule has 0 radical (unpaired) electrons. The van der Waals surface area contributed by atoms with E-state index >= 15 is 0 Å². The zero-order valence-electron chi connectivity index (χ0n) is 13.3. The molecule has 0 aliphatic carbocycles. The fraction of sp³-hybridized carbons (Fsp3) is 0.368. The maximum Gasteiger partial charge on any atom is 0.0579 e. The zero-order valence-corrected chi connectivity index (χ0v) is 14.9. The van der Waals surface area contributed by atoms with Crippen LogP contribution in [0.15, 0.2) is 40.9 Å². The molecule has 0 heterocycles. The number of benzene rings is 2. The van der Waals surface area contributed by atoms with Gasteiger partial charge in [-0.15, -0.1) is 0 Å². The summed E-state index contributed by atoms with van der Waals surface area (Å²) >= 11 is 3.66. The van der Waals surface area contributed by atoms with Gasteiger partial charge in [0.25, 0.3) is 0 Å². The number of rotatable bonds is 5. The first-order valence-electron chi connectivity index (χ1n) is 7.59. The number of hydrogen-bond acceptors (Lipinski definition) is 1. The molecule has 0 spiro atoms. The Morgan fingerprint density at radius 3 is 2.38 bits per heavy atom. The average Bonchev–Trinajstić information content (AvgIpc) is 2.46. The molecule has 0 saturated carbocycles. The van der Waals surface area contributed by atoms with E-state index in [1.54, 1.807) is 0 Å². The summed E-state index contributed by atoms with van der Waals surface area (Å²) in [6.45, 7) is 9.70. The van der Waals surface area contributed by atoms with Crippen molar-refractivity contribution in [3.05, 3.63) is 68.7 Å². The van der Waals surface area contributed by atoms with Crippen molar-refractivity contribution in [3.8, 4) is 0 Å². The van der Waals surface area contributed by atoms with Crippen LogP contribution in [0.5, 0.6) is 0 Å². The van der Waals surface area contributed by atoms with E-state index in [0.29, 0.717) is 0 Å². The molecular weight excluding hydrogens is 322 g/mol. The summed E-state index contributed by atoms with van der Waals surface area (Å²) in [6.07, 6.45) is 1.13. The Morgan fingerprint density at radius 2 is 1.71 bits per heavy atom. The van der Waals surface area contributed by atoms with Crippen LogP contribution in [0, 0.1) is 20.8 Å². The van der Waals surface area contributed by atoms with Crippen LogP contribution in [0.3, 0.4) is 0 Å². The Kier molecular flexibility index (Phi) is 5.60. The summed E-state index contributed by atoms with van der Waals surface area (Å²) in [5.41, 5.74) is 6.61. The van der Waals surface area contributed by atoms with Crippen LogP contribution in [-0.4, -0.2) is 6.54 Å². The van der Waals surface area contributed by atoms with Crippen molar-refractivity contribution in [2.24, 2.45) is 0 Å². The molecule has 0 fully saturated rings. The Balaban J connectivity index is 2.46. The van der Waals surface area contributed by atoms with E-state index in [1.165, 1.54) is 32.3 Å². The summed E-state index contributed by atoms with van der Waals surface area (Å²) in [5.74, 6) is 0. The number of nitrogens with one attached hydrogen (secondary N) is 1. The fourth-order valence-corrected chi connectivity index (χ4v) is 2.95. The minimum absolute atomic E-state index is 0.252. The second-order valence-electron chi connectivity index (χ2n) is 5.76. The summed E-state index contributed by atoms with van der Waals surface area (Å²) < 4.78 is 1.17. The Labute approximate surface area is 136 Å². The monoisotopic (exact) mass is 345 g/mol. The van der Waals surface area contributed by atoms with Crippen LogP contribution in [0.25, 0.3) is 0 Å². The van der Waals surface area contributed by atoms with Gasteiger partial charge in [-0.1, -0.05) is 58.7 Å². The molecule has 1 N–H and O–H groups in total. The van der Waals surface area contributed by atoms with E-state index in [4.69, 9.17) is 0 Å². The van der Waals surface area contributed by atoms with Crippen molar-refractivity contribution in [1.29, 1.82) is 0 Å². The highest BCUT2D eigenvalue weighted by Gasteiger charge is 2.16. The van der Waals surface area contributed by atoms with Gasteiger partial charge >= 0.3 is 0 Å². The van der Waals surface area contributed by atoms with Crippen molar-refractivity contribution in [3.63, 3.8) is 0 Å². The second-order valence-corrected chi connectivity index (χ2v) is 6.61. The van der Waals surface area contributed by atoms with Crippen molar-refractivity contribution < 1.29 is 0 Å². The first-order chi connectivity index (χ1) is 10.0. The third kappa shape index (κ3) is 3.96. The maximum absolute atomic E-state index is 3.70. The van der Waals surface area contributed by atoms with Crippen LogP contribution in [0.2, 0.25) is 0 Å². The molecule has 112 valence electrons. The summed E-state index contributed by atoms with van der Waals surface area (Å²) in [5, 5.41) is 3.70. The number of aryl methyl sites for hydroxylation is 3. The molecule has 1 atom stereocenters. The molecule has 2 aromatic carbocycles. The van der Waals surface area contributed by atoms with Crippen molar-refractivity contribution in [2.45, 2.75) is 40.2 Å². The van der Waals surface area contributed by atoms with E-state index in [2.05, 4.69) is 85.3 Å². The van der Waals surface area contributed by atoms with Crippen LogP contribution < -0.4 is 5.32 Å². The Morgan fingerprint density at radius 1 is 1.00 bits per heavy atom. The molecule has 1 unspecified atom stereocenters. The topological polar surface area (TPSA) is 12.0 Å². The van der Waals surface area contributed by atoms with Gasteiger partial charge in [-0.05, 0) is 62.1 Å². The first-order valence-corrected chi connectivity index (χ1v) is 8.38. The minimum atomic E-state index is 0.252. The largest absolute Gasteiger partial charge is 0.306 e. The highest BCUT2D eigenvalue weighted by molar-refractivity contribution is 9.10. The second kappa shape index (κ2) is 7.24. The highest BCUT2D eigenvalue weighted by atomic mass is 79.9. The third-order valence-electron chi connectivity index (χ3n) is 3.87. The standard InChI is InChI=1S/C19H24BrN/c1-5-10-21-19(16-9-8-15(4)18(20)12-16)17-11-13(2)6-7-14(17)3/h6-9,11-12,19,21H,5,10H2,1-4H3. The van der Waals surface area contributed by atoms with Gasteiger partial charge in [-0.2, -0.15) is 0 Å². The third-order valence-corrected chi connectivity index (χ3v) is 4.73. The van der Waals surface area contributed by atoms with Gasteiger partial charge < -0.3 is 5.32 Å². The molecule has 2 rings (SSSR count). The SMILES string of the molecule is CCCNC(c1ccc(C)c(Br)c1)c1cc(C)ccc1C. The molecule has 0 saturated heterocycles. The van der Waals surface area contributed by atoms with Gasteiger partial charge in [0.15, 0.2) is 0 Å². The zero-order chi connectivity index (χ0) is 15.4. The van der Waals surface area contributed by atoms with E-state index in [1.807, 2.05) is 0 Å². The van der Waals surface area contributed by atoms with Crippen LogP contribution in [-0.2, 0) is 0 Å². The van der Waals surface area contributed by atoms with Crippen molar-refractivity contribution >= 4 is 15.9 Å². The molecule has 0 aliphatic heterocycles. The first kappa shape index (κ1) is 16.3. The summed E-state index contributed by atoms with van der Waals surface area (Å²) in [6, 6.07) is 13.6. The number of hydrogen-bond donors (Lipinski definition) is 1. The van der Waals surface area contributed by atoms with Gasteiger partial charge in [0, 0.05) is 4.47 Å². The van der Waals surface area contributed by atoms with Gasteiger partial charge in [0.1, 0.15) is 0 Å². The maximum atomic E-state index is 3.70. The Bertz CT molecular complexity index is 619. The van der Waals surface area contributed by atoms with Crippen molar-refractivity contribution in [2.75, 3.05) is 6.54 Å². The quantitative estimate of drug-likeness (QED) is 0.758. The highest BCUT2D eigenvalue weighted by Crippen LogP contribution is 2.29. The minimum Gasteiger partial charge on any atom is -0.306 e. The molecule has 0 bridgehead atoms. The van der Waals surface area contributed by atoms with E-state index in [9.17, 15) is 0 Å². The van der Waals surface area contributed by atoms with Crippen LogP contribution >= 0.6 is 15.9 Å². The van der Waals surface area contributed by atoms with Gasteiger partial charge in [0.2, 0.25) is 0 Å².